The summed E-state index contributed by atoms with van der Waals surface area (Å²) in [5.41, 5.74) is 0.951. The first-order chi connectivity index (χ1) is 9.41. The average molecular weight is 419 g/mol. The van der Waals surface area contributed by atoms with Crippen LogP contribution < -0.4 is 0 Å². The molecule has 0 aromatic heterocycles. The molecule has 0 aliphatic carbocycles. The topological polar surface area (TPSA) is 37.4 Å². The molecule has 0 saturated carbocycles. The Bertz CT molecular complexity index is 702. The normalized spacial score (nSPS) is 11.8. The zero-order valence-corrected chi connectivity index (χ0v) is 14.7. The highest BCUT2D eigenvalue weighted by atomic mass is 79.9. The van der Waals surface area contributed by atoms with Crippen molar-refractivity contribution in [1.29, 1.82) is 0 Å². The molecule has 0 saturated heterocycles. The molecule has 106 valence electrons. The zero-order chi connectivity index (χ0) is 14.8. The van der Waals surface area contributed by atoms with Crippen LogP contribution in [0.1, 0.15) is 5.56 Å². The number of rotatable bonds is 4. The molecule has 0 unspecified atom stereocenters. The Labute approximate surface area is 135 Å². The summed E-state index contributed by atoms with van der Waals surface area (Å²) in [7, 11) is -1.94. The van der Waals surface area contributed by atoms with Gasteiger partial charge in [0.05, 0.1) is 4.90 Å². The summed E-state index contributed by atoms with van der Waals surface area (Å²) in [5, 5.41) is 0. The Kier molecular flexibility index (Phi) is 5.01. The van der Waals surface area contributed by atoms with Gasteiger partial charge in [-0.15, -0.1) is 0 Å². The monoisotopic (exact) mass is 417 g/mol. The van der Waals surface area contributed by atoms with Crippen molar-refractivity contribution in [3.8, 4) is 0 Å². The molecule has 0 radical (unpaired) electrons. The number of nitrogens with zero attached hydrogens (tertiary/aromatic N) is 1. The third-order valence-electron chi connectivity index (χ3n) is 2.83. The van der Waals surface area contributed by atoms with Gasteiger partial charge in [-0.05, 0) is 39.7 Å². The average Bonchev–Trinajstić information content (AvgIpc) is 2.39. The van der Waals surface area contributed by atoms with Gasteiger partial charge >= 0.3 is 0 Å². The lowest BCUT2D eigenvalue weighted by molar-refractivity contribution is 0.466. The highest BCUT2D eigenvalue weighted by Crippen LogP contribution is 2.28. The standard InChI is InChI=1S/C14H13Br2NO2S/c1-17(10-11-5-3-2-4-6-11)20(18,19)14-8-7-12(15)9-13(14)16/h2-9H,10H2,1H3. The molecular weight excluding hydrogens is 406 g/mol. The molecule has 6 heteroatoms. The van der Waals surface area contributed by atoms with Crippen LogP contribution in [-0.2, 0) is 16.6 Å². The SMILES string of the molecule is CN(Cc1ccccc1)S(=O)(=O)c1ccc(Br)cc1Br. The number of halogens is 2. The minimum absolute atomic E-state index is 0.263. The van der Waals surface area contributed by atoms with Crippen LogP contribution in [0, 0.1) is 0 Å². The predicted molar refractivity (Wildman–Crippen MR) is 86.9 cm³/mol. The smallest absolute Gasteiger partial charge is 0.207 e. The van der Waals surface area contributed by atoms with Crippen LogP contribution in [0.25, 0.3) is 0 Å². The molecule has 0 spiro atoms. The van der Waals surface area contributed by atoms with Crippen molar-refractivity contribution in [2.24, 2.45) is 0 Å². The van der Waals surface area contributed by atoms with Gasteiger partial charge in [0.25, 0.3) is 0 Å². The molecular formula is C14H13Br2NO2S. The Balaban J connectivity index is 2.30. The van der Waals surface area contributed by atoms with Crippen molar-refractivity contribution in [3.63, 3.8) is 0 Å². The van der Waals surface area contributed by atoms with Crippen molar-refractivity contribution >= 4 is 41.9 Å². The van der Waals surface area contributed by atoms with Crippen molar-refractivity contribution in [1.82, 2.24) is 4.31 Å². The summed E-state index contributed by atoms with van der Waals surface area (Å²) < 4.78 is 27.8. The molecule has 2 aromatic carbocycles. The summed E-state index contributed by atoms with van der Waals surface area (Å²) in [6, 6.07) is 14.5. The second kappa shape index (κ2) is 6.39. The van der Waals surface area contributed by atoms with Gasteiger partial charge in [0.15, 0.2) is 0 Å². The lowest BCUT2D eigenvalue weighted by Crippen LogP contribution is -2.26. The second-order valence-electron chi connectivity index (χ2n) is 4.32. The van der Waals surface area contributed by atoms with Crippen molar-refractivity contribution < 1.29 is 8.42 Å². The first kappa shape index (κ1) is 15.7. The van der Waals surface area contributed by atoms with Gasteiger partial charge in [0.2, 0.25) is 10.0 Å². The highest BCUT2D eigenvalue weighted by Gasteiger charge is 2.23. The van der Waals surface area contributed by atoms with E-state index >= 15 is 0 Å². The molecule has 0 atom stereocenters. The van der Waals surface area contributed by atoms with E-state index in [0.717, 1.165) is 10.0 Å². The summed E-state index contributed by atoms with van der Waals surface area (Å²) in [6.07, 6.45) is 0. The number of benzene rings is 2. The van der Waals surface area contributed by atoms with Crippen LogP contribution in [0.3, 0.4) is 0 Å². The maximum atomic E-state index is 12.5. The largest absolute Gasteiger partial charge is 0.244 e. The van der Waals surface area contributed by atoms with Crippen molar-refractivity contribution in [3.05, 3.63) is 63.0 Å². The molecule has 3 nitrogen and oxygen atoms in total. The molecule has 20 heavy (non-hydrogen) atoms. The van der Waals surface area contributed by atoms with E-state index in [0.29, 0.717) is 11.0 Å². The fraction of sp³-hybridized carbons (Fsp3) is 0.143. The van der Waals surface area contributed by atoms with Gasteiger partial charge in [-0.25, -0.2) is 8.42 Å². The minimum atomic E-state index is -3.52. The molecule has 2 rings (SSSR count). The Morgan fingerprint density at radius 3 is 2.30 bits per heavy atom. The Morgan fingerprint density at radius 2 is 1.70 bits per heavy atom. The third kappa shape index (κ3) is 3.49. The van der Waals surface area contributed by atoms with Gasteiger partial charge < -0.3 is 0 Å². The number of hydrogen-bond donors (Lipinski definition) is 0. The van der Waals surface area contributed by atoms with E-state index in [9.17, 15) is 8.42 Å². The minimum Gasteiger partial charge on any atom is -0.207 e. The van der Waals surface area contributed by atoms with Crippen LogP contribution in [-0.4, -0.2) is 19.8 Å². The lowest BCUT2D eigenvalue weighted by Gasteiger charge is -2.18. The predicted octanol–water partition coefficient (Wildman–Crippen LogP) is 4.03. The lowest BCUT2D eigenvalue weighted by atomic mass is 10.2. The van der Waals surface area contributed by atoms with Gasteiger partial charge in [0, 0.05) is 22.5 Å². The number of sulfonamides is 1. The van der Waals surface area contributed by atoms with E-state index in [4.69, 9.17) is 0 Å². The van der Waals surface area contributed by atoms with Crippen molar-refractivity contribution in [2.45, 2.75) is 11.4 Å². The number of hydrogen-bond acceptors (Lipinski definition) is 2. The van der Waals surface area contributed by atoms with Crippen LogP contribution in [0.5, 0.6) is 0 Å². The van der Waals surface area contributed by atoms with Gasteiger partial charge in [-0.2, -0.15) is 4.31 Å². The summed E-state index contributed by atoms with van der Waals surface area (Å²) >= 11 is 6.62. The van der Waals surface area contributed by atoms with E-state index in [2.05, 4.69) is 31.9 Å². The van der Waals surface area contributed by atoms with Gasteiger partial charge in [0.1, 0.15) is 0 Å². The van der Waals surface area contributed by atoms with E-state index in [1.165, 1.54) is 4.31 Å². The zero-order valence-electron chi connectivity index (χ0n) is 10.8. The molecule has 2 aromatic rings. The van der Waals surface area contributed by atoms with Crippen LogP contribution in [0.2, 0.25) is 0 Å². The molecule has 0 aliphatic rings. The van der Waals surface area contributed by atoms with Gasteiger partial charge in [-0.1, -0.05) is 46.3 Å². The third-order valence-corrected chi connectivity index (χ3v) is 6.10. The summed E-state index contributed by atoms with van der Waals surface area (Å²) in [4.78, 5) is 0.263. The molecule has 0 bridgehead atoms. The second-order valence-corrected chi connectivity index (χ2v) is 8.10. The van der Waals surface area contributed by atoms with E-state index < -0.39 is 10.0 Å². The Morgan fingerprint density at radius 1 is 1.05 bits per heavy atom. The van der Waals surface area contributed by atoms with Crippen molar-refractivity contribution in [2.75, 3.05) is 7.05 Å². The van der Waals surface area contributed by atoms with E-state index in [-0.39, 0.29) is 4.90 Å². The summed E-state index contributed by atoms with van der Waals surface area (Å²) in [5.74, 6) is 0. The first-order valence-corrected chi connectivity index (χ1v) is 8.89. The van der Waals surface area contributed by atoms with E-state index in [1.807, 2.05) is 30.3 Å². The molecule has 0 fully saturated rings. The maximum Gasteiger partial charge on any atom is 0.244 e. The van der Waals surface area contributed by atoms with Gasteiger partial charge in [-0.3, -0.25) is 0 Å². The van der Waals surface area contributed by atoms with Crippen LogP contribution in [0.4, 0.5) is 0 Å². The maximum absolute atomic E-state index is 12.5. The fourth-order valence-electron chi connectivity index (χ4n) is 1.78. The molecule has 0 N–H and O–H groups in total. The Hall–Kier alpha value is -0.690. The van der Waals surface area contributed by atoms with E-state index in [1.54, 1.807) is 25.2 Å². The summed E-state index contributed by atoms with van der Waals surface area (Å²) in [6.45, 7) is 0.339. The highest BCUT2D eigenvalue weighted by molar-refractivity contribution is 9.11. The van der Waals surface area contributed by atoms with Crippen LogP contribution >= 0.6 is 31.9 Å². The molecule has 0 aliphatic heterocycles. The molecule has 0 heterocycles. The first-order valence-electron chi connectivity index (χ1n) is 5.86. The fourth-order valence-corrected chi connectivity index (χ4v) is 4.64. The quantitative estimate of drug-likeness (QED) is 0.751. The molecule has 0 amide bonds. The van der Waals surface area contributed by atoms with Crippen LogP contribution in [0.15, 0.2) is 62.4 Å².